The Morgan fingerprint density at radius 1 is 0.915 bits per heavy atom. The van der Waals surface area contributed by atoms with Crippen LogP contribution in [0, 0.1) is 6.92 Å². The van der Waals surface area contributed by atoms with Gasteiger partial charge in [0.25, 0.3) is 11.5 Å². The van der Waals surface area contributed by atoms with Gasteiger partial charge in [-0.1, -0.05) is 36.4 Å². The number of rotatable bonds is 7. The highest BCUT2D eigenvalue weighted by molar-refractivity contribution is 6.07. The van der Waals surface area contributed by atoms with Crippen LogP contribution in [0.2, 0.25) is 0 Å². The zero-order valence-corrected chi connectivity index (χ0v) is 27.2. The maximum atomic E-state index is 13.5. The van der Waals surface area contributed by atoms with Gasteiger partial charge in [0.2, 0.25) is 5.95 Å². The number of methoxy groups -OCH3 is 1. The first kappa shape index (κ1) is 30.7. The highest BCUT2D eigenvalue weighted by atomic mass is 16.5. The molecule has 3 heterocycles. The number of anilines is 3. The fraction of sp³-hybridized carbons (Fsp3) is 0.351. The van der Waals surface area contributed by atoms with Crippen molar-refractivity contribution in [3.05, 3.63) is 94.4 Å². The molecule has 1 saturated carbocycles. The van der Waals surface area contributed by atoms with Crippen LogP contribution in [0.15, 0.2) is 77.7 Å². The third-order valence-electron chi connectivity index (χ3n) is 9.73. The first-order chi connectivity index (χ1) is 22.9. The summed E-state index contributed by atoms with van der Waals surface area (Å²) in [5, 5.41) is 9.44. The van der Waals surface area contributed by atoms with Gasteiger partial charge >= 0.3 is 0 Å². The molecule has 1 aliphatic carbocycles. The molecule has 242 valence electrons. The number of benzene rings is 3. The Morgan fingerprint density at radius 3 is 2.47 bits per heavy atom. The summed E-state index contributed by atoms with van der Waals surface area (Å²) in [6.45, 7) is 5.90. The number of nitrogens with zero attached hydrogens (tertiary/aromatic N) is 5. The molecule has 0 radical (unpaired) electrons. The van der Waals surface area contributed by atoms with E-state index in [1.807, 2.05) is 66.1 Å². The van der Waals surface area contributed by atoms with E-state index in [0.717, 1.165) is 85.0 Å². The third-order valence-corrected chi connectivity index (χ3v) is 9.73. The summed E-state index contributed by atoms with van der Waals surface area (Å²) in [5.41, 5.74) is 3.95. The van der Waals surface area contributed by atoms with Gasteiger partial charge in [0, 0.05) is 73.2 Å². The number of fused-ring (bicyclic) bond motifs is 2. The molecular formula is C37H41N7O3. The van der Waals surface area contributed by atoms with Crippen LogP contribution >= 0.6 is 0 Å². The van der Waals surface area contributed by atoms with Gasteiger partial charge in [0.1, 0.15) is 11.4 Å². The van der Waals surface area contributed by atoms with Crippen LogP contribution in [0.1, 0.15) is 47.6 Å². The number of carbonyl (C=O) groups is 1. The number of hydrogen-bond donors (Lipinski definition) is 2. The Hall–Kier alpha value is -4.96. The molecule has 3 aromatic carbocycles. The summed E-state index contributed by atoms with van der Waals surface area (Å²) in [7, 11) is 3.81. The minimum absolute atomic E-state index is 0.0311. The molecule has 2 N–H and O–H groups in total. The van der Waals surface area contributed by atoms with Gasteiger partial charge in [-0.05, 0) is 74.2 Å². The second-order valence-electron chi connectivity index (χ2n) is 12.8. The normalized spacial score (nSPS) is 18.7. The van der Waals surface area contributed by atoms with Crippen LogP contribution in [0.5, 0.6) is 5.75 Å². The van der Waals surface area contributed by atoms with Gasteiger partial charge in [0.15, 0.2) is 0 Å². The zero-order chi connectivity index (χ0) is 32.5. The fourth-order valence-electron chi connectivity index (χ4n) is 7.01. The average molecular weight is 632 g/mol. The van der Waals surface area contributed by atoms with Crippen molar-refractivity contribution >= 4 is 45.0 Å². The monoisotopic (exact) mass is 631 g/mol. The lowest BCUT2D eigenvalue weighted by Gasteiger charge is -2.34. The molecule has 1 amide bonds. The van der Waals surface area contributed by atoms with Crippen molar-refractivity contribution in [2.75, 3.05) is 50.6 Å². The number of pyridine rings is 1. The van der Waals surface area contributed by atoms with Gasteiger partial charge in [-0.2, -0.15) is 4.98 Å². The van der Waals surface area contributed by atoms with Crippen molar-refractivity contribution in [1.82, 2.24) is 24.8 Å². The molecule has 0 spiro atoms. The number of hydrogen-bond acceptors (Lipinski definition) is 8. The van der Waals surface area contributed by atoms with Gasteiger partial charge in [-0.25, -0.2) is 4.98 Å². The molecule has 47 heavy (non-hydrogen) atoms. The van der Waals surface area contributed by atoms with E-state index >= 15 is 0 Å². The van der Waals surface area contributed by atoms with Gasteiger partial charge in [-0.15, -0.1) is 0 Å². The zero-order valence-electron chi connectivity index (χ0n) is 27.2. The van der Waals surface area contributed by atoms with E-state index in [1.165, 1.54) is 0 Å². The molecule has 1 aliphatic heterocycles. The lowest BCUT2D eigenvalue weighted by Crippen LogP contribution is -2.44. The number of aryl methyl sites for hydroxylation is 1. The van der Waals surface area contributed by atoms with Gasteiger partial charge < -0.3 is 25.2 Å². The number of piperazine rings is 1. The molecule has 7 rings (SSSR count). The molecule has 2 aromatic heterocycles. The fourth-order valence-corrected chi connectivity index (χ4v) is 7.01. The van der Waals surface area contributed by atoms with E-state index in [1.54, 1.807) is 19.4 Å². The average Bonchev–Trinajstić information content (AvgIpc) is 3.09. The van der Waals surface area contributed by atoms with Crippen molar-refractivity contribution in [3.63, 3.8) is 0 Å². The molecule has 10 heteroatoms. The highest BCUT2D eigenvalue weighted by Gasteiger charge is 2.27. The number of carbonyl (C=O) groups excluding carboxylic acids is 1. The maximum Gasteiger partial charge on any atom is 0.252 e. The summed E-state index contributed by atoms with van der Waals surface area (Å²) < 4.78 is 7.59. The number of nitrogens with one attached hydrogen (secondary N) is 2. The van der Waals surface area contributed by atoms with E-state index < -0.39 is 0 Å². The van der Waals surface area contributed by atoms with E-state index in [2.05, 4.69) is 38.5 Å². The summed E-state index contributed by atoms with van der Waals surface area (Å²) in [6, 6.07) is 21.6. The Balaban J connectivity index is 1.09. The topological polar surface area (TPSA) is 105 Å². The second kappa shape index (κ2) is 13.0. The van der Waals surface area contributed by atoms with Crippen molar-refractivity contribution in [2.24, 2.45) is 0 Å². The van der Waals surface area contributed by atoms with E-state index in [9.17, 15) is 9.59 Å². The standard InChI is InChI=1S/C37H41N7O3/c1-24-21-34(45)44(27-13-11-26(12-14-27)39-36(46)30-10-6-8-25-7-4-5-9-29(25)30)35-31(24)23-38-37(41-35)40-32-16-15-28(22-33(32)47-3)43-19-17-42(2)18-20-43/h4-10,15-16,21-23,26-27H,11-14,17-20H2,1-3H3,(H,39,46)(H,38,40,41). The van der Waals surface area contributed by atoms with Crippen LogP contribution in [0.25, 0.3) is 21.8 Å². The summed E-state index contributed by atoms with van der Waals surface area (Å²) >= 11 is 0. The van der Waals surface area contributed by atoms with Crippen LogP contribution in [-0.4, -0.2) is 71.7 Å². The quantitative estimate of drug-likeness (QED) is 0.237. The lowest BCUT2D eigenvalue weighted by atomic mass is 9.90. The first-order valence-corrected chi connectivity index (χ1v) is 16.4. The van der Waals surface area contributed by atoms with Crippen LogP contribution < -0.4 is 25.8 Å². The molecular weight excluding hydrogens is 590 g/mol. The molecule has 0 atom stereocenters. The Labute approximate surface area is 274 Å². The van der Waals surface area contributed by atoms with Crippen molar-refractivity contribution in [2.45, 2.75) is 44.7 Å². The molecule has 0 bridgehead atoms. The minimum atomic E-state index is -0.0722. The molecule has 0 unspecified atom stereocenters. The Bertz CT molecular complexity index is 1990. The molecule has 1 saturated heterocycles. The number of amides is 1. The molecule has 10 nitrogen and oxygen atoms in total. The van der Waals surface area contributed by atoms with Gasteiger partial charge in [0.05, 0.1) is 12.8 Å². The van der Waals surface area contributed by atoms with Crippen molar-refractivity contribution in [1.29, 1.82) is 0 Å². The number of likely N-dealkylation sites (N-methyl/N-ethyl adjacent to an activating group) is 1. The Kier molecular flexibility index (Phi) is 8.51. The third kappa shape index (κ3) is 6.25. The highest BCUT2D eigenvalue weighted by Crippen LogP contribution is 2.34. The van der Waals surface area contributed by atoms with Crippen LogP contribution in [0.3, 0.4) is 0 Å². The van der Waals surface area contributed by atoms with Crippen molar-refractivity contribution in [3.8, 4) is 5.75 Å². The molecule has 2 aliphatic rings. The SMILES string of the molecule is COc1cc(N2CCN(C)CC2)ccc1Nc1ncc2c(C)cc(=O)n(C3CCC(NC(=O)c4cccc5ccccc45)CC3)c2n1. The minimum Gasteiger partial charge on any atom is -0.494 e. The maximum absolute atomic E-state index is 13.5. The smallest absolute Gasteiger partial charge is 0.252 e. The largest absolute Gasteiger partial charge is 0.494 e. The Morgan fingerprint density at radius 2 is 1.68 bits per heavy atom. The van der Waals surface area contributed by atoms with E-state index in [4.69, 9.17) is 9.72 Å². The van der Waals surface area contributed by atoms with Crippen LogP contribution in [-0.2, 0) is 0 Å². The van der Waals surface area contributed by atoms with Crippen molar-refractivity contribution < 1.29 is 9.53 Å². The summed E-state index contributed by atoms with van der Waals surface area (Å²) in [5.74, 6) is 1.05. The summed E-state index contributed by atoms with van der Waals surface area (Å²) in [4.78, 5) is 41.0. The van der Waals surface area contributed by atoms with Gasteiger partial charge in [-0.3, -0.25) is 14.2 Å². The van der Waals surface area contributed by atoms with E-state index in [0.29, 0.717) is 22.9 Å². The molecule has 2 fully saturated rings. The molecule has 5 aromatic rings. The number of aromatic nitrogens is 3. The van der Waals surface area contributed by atoms with Crippen LogP contribution in [0.4, 0.5) is 17.3 Å². The number of ether oxygens (including phenoxy) is 1. The van der Waals surface area contributed by atoms with E-state index in [-0.39, 0.29) is 23.6 Å². The predicted octanol–water partition coefficient (Wildman–Crippen LogP) is 5.67. The lowest BCUT2D eigenvalue weighted by molar-refractivity contribution is 0.0924. The first-order valence-electron chi connectivity index (χ1n) is 16.4. The summed E-state index contributed by atoms with van der Waals surface area (Å²) in [6.07, 6.45) is 4.85. The second-order valence-corrected chi connectivity index (χ2v) is 12.8. The predicted molar refractivity (Wildman–Crippen MR) is 187 cm³/mol.